The molecule has 1 aromatic heterocycles. The minimum atomic E-state index is -0.167. The normalized spacial score (nSPS) is 14.1. The van der Waals surface area contributed by atoms with Gasteiger partial charge < -0.3 is 20.7 Å². The number of nitrogens with one attached hydrogen (secondary N) is 3. The highest BCUT2D eigenvalue weighted by Crippen LogP contribution is 2.26. The van der Waals surface area contributed by atoms with Crippen LogP contribution >= 0.6 is 11.3 Å². The highest BCUT2D eigenvalue weighted by Gasteiger charge is 2.18. The maximum atomic E-state index is 12.6. The van der Waals surface area contributed by atoms with Gasteiger partial charge in [-0.2, -0.15) is 0 Å². The number of hydrogen-bond donors (Lipinski definition) is 3. The second kappa shape index (κ2) is 12.9. The van der Waals surface area contributed by atoms with E-state index < -0.39 is 0 Å². The fourth-order valence-corrected chi connectivity index (χ4v) is 4.59. The second-order valence-corrected chi connectivity index (χ2v) is 8.94. The Kier molecular flexibility index (Phi) is 9.68. The van der Waals surface area contributed by atoms with Gasteiger partial charge in [0.05, 0.1) is 18.7 Å². The lowest BCUT2D eigenvalue weighted by molar-refractivity contribution is -0.143. The lowest BCUT2D eigenvalue weighted by Crippen LogP contribution is -2.35. The molecular formula is C24H33N5O3S. The molecule has 8 nitrogen and oxygen atoms in total. The van der Waals surface area contributed by atoms with E-state index in [0.717, 1.165) is 44.3 Å². The van der Waals surface area contributed by atoms with Gasteiger partial charge in [0.1, 0.15) is 4.88 Å². The average molecular weight is 472 g/mol. The minimum Gasteiger partial charge on any atom is -0.466 e. The van der Waals surface area contributed by atoms with E-state index in [2.05, 4.69) is 38.1 Å². The van der Waals surface area contributed by atoms with Crippen LogP contribution < -0.4 is 16.0 Å². The van der Waals surface area contributed by atoms with Gasteiger partial charge in [-0.05, 0) is 44.6 Å². The maximum Gasteiger partial charge on any atom is 0.306 e. The van der Waals surface area contributed by atoms with Gasteiger partial charge in [-0.15, -0.1) is 0 Å². The summed E-state index contributed by atoms with van der Waals surface area (Å²) in [7, 11) is 0. The molecule has 0 radical (unpaired) electrons. The SMILES string of the molecule is CCOC(=O)CC(CCCCNC(=O)c1sc(NC2=NCCCN2)nc1C)c1ccccc1. The third-order valence-corrected chi connectivity index (χ3v) is 6.45. The van der Waals surface area contributed by atoms with Crippen molar-refractivity contribution in [2.24, 2.45) is 4.99 Å². The number of thiazole rings is 1. The molecule has 1 aliphatic rings. The molecule has 1 aliphatic heterocycles. The van der Waals surface area contributed by atoms with Gasteiger partial charge in [-0.1, -0.05) is 48.1 Å². The summed E-state index contributed by atoms with van der Waals surface area (Å²) in [5.41, 5.74) is 1.85. The number of amides is 1. The first-order valence-electron chi connectivity index (χ1n) is 11.6. The fourth-order valence-electron chi connectivity index (χ4n) is 3.71. The van der Waals surface area contributed by atoms with E-state index in [1.807, 2.05) is 32.0 Å². The lowest BCUT2D eigenvalue weighted by atomic mass is 9.90. The van der Waals surface area contributed by atoms with E-state index in [-0.39, 0.29) is 17.8 Å². The molecule has 1 atom stereocenters. The number of guanidine groups is 1. The molecule has 0 saturated heterocycles. The molecule has 2 aromatic rings. The van der Waals surface area contributed by atoms with Gasteiger partial charge in [-0.25, -0.2) is 4.98 Å². The Balaban J connectivity index is 1.45. The minimum absolute atomic E-state index is 0.109. The molecule has 0 fully saturated rings. The molecule has 9 heteroatoms. The van der Waals surface area contributed by atoms with Crippen LogP contribution in [0.3, 0.4) is 0 Å². The van der Waals surface area contributed by atoms with Crippen LogP contribution in [0.15, 0.2) is 35.3 Å². The molecule has 0 bridgehead atoms. The molecule has 33 heavy (non-hydrogen) atoms. The van der Waals surface area contributed by atoms with Gasteiger partial charge in [0.2, 0.25) is 0 Å². The van der Waals surface area contributed by atoms with E-state index in [1.54, 1.807) is 0 Å². The van der Waals surface area contributed by atoms with Crippen molar-refractivity contribution in [3.63, 3.8) is 0 Å². The van der Waals surface area contributed by atoms with Gasteiger partial charge in [-0.3, -0.25) is 14.6 Å². The summed E-state index contributed by atoms with van der Waals surface area (Å²) in [6, 6.07) is 10.1. The summed E-state index contributed by atoms with van der Waals surface area (Å²) in [5, 5.41) is 10.0. The molecule has 0 spiro atoms. The summed E-state index contributed by atoms with van der Waals surface area (Å²) in [6.07, 6.45) is 3.99. The second-order valence-electron chi connectivity index (χ2n) is 7.94. The quantitative estimate of drug-likeness (QED) is 0.340. The average Bonchev–Trinajstić information content (AvgIpc) is 3.19. The number of rotatable bonds is 11. The zero-order valence-corrected chi connectivity index (χ0v) is 20.2. The number of aryl methyl sites for hydroxylation is 1. The largest absolute Gasteiger partial charge is 0.466 e. The van der Waals surface area contributed by atoms with Crippen molar-refractivity contribution in [3.05, 3.63) is 46.5 Å². The number of carbonyl (C=O) groups is 2. The van der Waals surface area contributed by atoms with Crippen molar-refractivity contribution in [3.8, 4) is 0 Å². The lowest BCUT2D eigenvalue weighted by Gasteiger charge is -2.16. The van der Waals surface area contributed by atoms with E-state index in [0.29, 0.717) is 41.2 Å². The number of unbranched alkanes of at least 4 members (excludes halogenated alkanes) is 1. The number of ether oxygens (including phenoxy) is 1. The number of nitrogens with zero attached hydrogens (tertiary/aromatic N) is 2. The molecular weight excluding hydrogens is 438 g/mol. The molecule has 1 amide bonds. The van der Waals surface area contributed by atoms with Crippen LogP contribution in [0.4, 0.5) is 5.13 Å². The summed E-state index contributed by atoms with van der Waals surface area (Å²) in [5.74, 6) is 0.550. The Labute approximate surface area is 199 Å². The zero-order valence-electron chi connectivity index (χ0n) is 19.4. The van der Waals surface area contributed by atoms with E-state index in [4.69, 9.17) is 4.74 Å². The first-order valence-corrected chi connectivity index (χ1v) is 12.4. The van der Waals surface area contributed by atoms with Crippen LogP contribution in [0.25, 0.3) is 0 Å². The van der Waals surface area contributed by atoms with Crippen LogP contribution in [0.2, 0.25) is 0 Å². The van der Waals surface area contributed by atoms with Crippen molar-refractivity contribution in [1.29, 1.82) is 0 Å². The molecule has 1 aromatic carbocycles. The van der Waals surface area contributed by atoms with Crippen LogP contribution in [0.5, 0.6) is 0 Å². The predicted octanol–water partition coefficient (Wildman–Crippen LogP) is 3.85. The summed E-state index contributed by atoms with van der Waals surface area (Å²) in [6.45, 7) is 6.31. The van der Waals surface area contributed by atoms with Crippen LogP contribution in [0.1, 0.15) is 65.9 Å². The van der Waals surface area contributed by atoms with E-state index >= 15 is 0 Å². The molecule has 3 rings (SSSR count). The third kappa shape index (κ3) is 7.85. The van der Waals surface area contributed by atoms with Gasteiger partial charge in [0.25, 0.3) is 5.91 Å². The smallest absolute Gasteiger partial charge is 0.306 e. The Morgan fingerprint density at radius 2 is 2.06 bits per heavy atom. The number of hydrogen-bond acceptors (Lipinski definition) is 8. The van der Waals surface area contributed by atoms with Gasteiger partial charge >= 0.3 is 5.97 Å². The van der Waals surface area contributed by atoms with Crippen LogP contribution in [-0.2, 0) is 9.53 Å². The Bertz CT molecular complexity index is 945. The standard InChI is InChI=1S/C24H33N5O3S/c1-3-32-20(30)16-19(18-10-5-4-6-11-18)12-7-8-13-25-22(31)21-17(2)28-24(33-21)29-23-26-14-9-15-27-23/h4-6,10-11,19H,3,7-9,12-16H2,1-2H3,(H,25,31)(H2,26,27,28,29). The highest BCUT2D eigenvalue weighted by atomic mass is 32.1. The van der Waals surface area contributed by atoms with Gasteiger partial charge in [0.15, 0.2) is 11.1 Å². The Morgan fingerprint density at radius 1 is 1.24 bits per heavy atom. The summed E-state index contributed by atoms with van der Waals surface area (Å²) in [4.78, 5) is 34.1. The monoisotopic (exact) mass is 471 g/mol. The topological polar surface area (TPSA) is 105 Å². The molecule has 3 N–H and O–H groups in total. The third-order valence-electron chi connectivity index (χ3n) is 5.38. The van der Waals surface area contributed by atoms with Crippen molar-refractivity contribution >= 4 is 34.3 Å². The first-order chi connectivity index (χ1) is 16.1. The Hall–Kier alpha value is -2.94. The van der Waals surface area contributed by atoms with Gasteiger partial charge in [0, 0.05) is 19.6 Å². The van der Waals surface area contributed by atoms with Crippen molar-refractivity contribution in [2.45, 2.75) is 51.9 Å². The first kappa shape index (κ1) is 24.7. The zero-order chi connectivity index (χ0) is 23.5. The van der Waals surface area contributed by atoms with Crippen molar-refractivity contribution < 1.29 is 14.3 Å². The van der Waals surface area contributed by atoms with Crippen molar-refractivity contribution in [2.75, 3.05) is 31.6 Å². The number of carbonyl (C=O) groups excluding carboxylic acids is 2. The maximum absolute atomic E-state index is 12.6. The summed E-state index contributed by atoms with van der Waals surface area (Å²) < 4.78 is 5.15. The molecule has 1 unspecified atom stereocenters. The number of anilines is 1. The van der Waals surface area contributed by atoms with Crippen molar-refractivity contribution in [1.82, 2.24) is 15.6 Å². The molecule has 178 valence electrons. The van der Waals surface area contributed by atoms with Crippen LogP contribution in [0, 0.1) is 6.92 Å². The number of benzene rings is 1. The Morgan fingerprint density at radius 3 is 2.79 bits per heavy atom. The molecule has 2 heterocycles. The fraction of sp³-hybridized carbons (Fsp3) is 0.500. The number of esters is 1. The van der Waals surface area contributed by atoms with Crippen LogP contribution in [-0.4, -0.2) is 49.1 Å². The predicted molar refractivity (Wildman–Crippen MR) is 132 cm³/mol. The number of aliphatic imine (C=N–C) groups is 1. The van der Waals surface area contributed by atoms with E-state index in [9.17, 15) is 9.59 Å². The highest BCUT2D eigenvalue weighted by molar-refractivity contribution is 7.17. The summed E-state index contributed by atoms with van der Waals surface area (Å²) >= 11 is 1.33. The molecule has 0 aliphatic carbocycles. The number of aromatic nitrogens is 1. The van der Waals surface area contributed by atoms with E-state index in [1.165, 1.54) is 11.3 Å². The molecule has 0 saturated carbocycles.